The largest absolute Gasteiger partial charge is 0.387 e. The Hall–Kier alpha value is -1.35. The fourth-order valence-corrected chi connectivity index (χ4v) is 4.11. The van der Waals surface area contributed by atoms with Gasteiger partial charge in [-0.05, 0) is 31.2 Å². The van der Waals surface area contributed by atoms with E-state index in [1.807, 2.05) is 0 Å². The van der Waals surface area contributed by atoms with Gasteiger partial charge in [-0.3, -0.25) is 0 Å². The summed E-state index contributed by atoms with van der Waals surface area (Å²) in [5.41, 5.74) is -0.553. The van der Waals surface area contributed by atoms with Crippen molar-refractivity contribution in [3.05, 3.63) is 52.4 Å². The van der Waals surface area contributed by atoms with Gasteiger partial charge in [-0.2, -0.15) is 0 Å². The molecule has 0 aliphatic rings. The fraction of sp³-hybridized carbons (Fsp3) is 0.231. The fourth-order valence-electron chi connectivity index (χ4n) is 1.75. The Morgan fingerprint density at radius 1 is 1.24 bits per heavy atom. The average Bonchev–Trinajstić information content (AvgIpc) is 2.84. The minimum absolute atomic E-state index is 0.0844. The van der Waals surface area contributed by atoms with Crippen molar-refractivity contribution in [3.63, 3.8) is 0 Å². The molecule has 8 heteroatoms. The summed E-state index contributed by atoms with van der Waals surface area (Å²) in [5.74, 6) is -1.85. The summed E-state index contributed by atoms with van der Waals surface area (Å²) in [7, 11) is -3.80. The van der Waals surface area contributed by atoms with Crippen molar-refractivity contribution in [3.8, 4) is 0 Å². The molecule has 0 unspecified atom stereocenters. The van der Waals surface area contributed by atoms with Gasteiger partial charge in [0.2, 0.25) is 10.0 Å². The second kappa shape index (κ2) is 6.18. The van der Waals surface area contributed by atoms with Crippen molar-refractivity contribution in [1.82, 2.24) is 4.72 Å². The van der Waals surface area contributed by atoms with Crippen LogP contribution in [0.15, 0.2) is 34.5 Å². The molecule has 0 radical (unpaired) electrons. The number of rotatable bonds is 5. The zero-order valence-corrected chi connectivity index (χ0v) is 12.6. The number of nitrogens with one attached hydrogen (secondary N) is 1. The second-order valence-electron chi connectivity index (χ2n) is 4.37. The van der Waals surface area contributed by atoms with Crippen LogP contribution in [0.2, 0.25) is 0 Å². The van der Waals surface area contributed by atoms with Crippen molar-refractivity contribution in [2.45, 2.75) is 17.2 Å². The number of aliphatic hydroxyl groups excluding tert-OH is 1. The summed E-state index contributed by atoms with van der Waals surface area (Å²) in [5, 5.41) is 9.79. The molecule has 0 aliphatic heterocycles. The van der Waals surface area contributed by atoms with Crippen LogP contribution in [-0.2, 0) is 10.0 Å². The van der Waals surface area contributed by atoms with E-state index in [4.69, 9.17) is 0 Å². The van der Waals surface area contributed by atoms with Gasteiger partial charge in [-0.1, -0.05) is 6.07 Å². The first-order valence-corrected chi connectivity index (χ1v) is 8.29. The molecule has 1 aromatic heterocycles. The molecular weight excluding hydrogens is 320 g/mol. The number of sulfonamides is 1. The van der Waals surface area contributed by atoms with E-state index in [9.17, 15) is 22.3 Å². The number of hydrogen-bond acceptors (Lipinski definition) is 4. The Balaban J connectivity index is 2.13. The Morgan fingerprint density at radius 2 is 1.86 bits per heavy atom. The molecule has 0 saturated carbocycles. The van der Waals surface area contributed by atoms with Crippen molar-refractivity contribution >= 4 is 21.4 Å². The first kappa shape index (κ1) is 16.0. The van der Waals surface area contributed by atoms with Crippen LogP contribution >= 0.6 is 11.3 Å². The van der Waals surface area contributed by atoms with Gasteiger partial charge in [0.05, 0.1) is 11.7 Å². The maximum atomic E-state index is 13.5. The van der Waals surface area contributed by atoms with Crippen molar-refractivity contribution in [2.75, 3.05) is 6.54 Å². The third kappa shape index (κ3) is 3.65. The highest BCUT2D eigenvalue weighted by Gasteiger charge is 2.22. The van der Waals surface area contributed by atoms with Gasteiger partial charge in [0, 0.05) is 11.4 Å². The summed E-state index contributed by atoms with van der Waals surface area (Å²) in [4.78, 5) is 0.816. The first-order valence-electron chi connectivity index (χ1n) is 5.99. The molecule has 1 atom stereocenters. The summed E-state index contributed by atoms with van der Waals surface area (Å²) in [6.07, 6.45) is -1.61. The summed E-state index contributed by atoms with van der Waals surface area (Å²) < 4.78 is 53.1. The first-order chi connectivity index (χ1) is 9.81. The van der Waals surface area contributed by atoms with Crippen LogP contribution in [0.1, 0.15) is 16.5 Å². The Kier molecular flexibility index (Phi) is 4.72. The lowest BCUT2D eigenvalue weighted by atomic mass is 10.1. The summed E-state index contributed by atoms with van der Waals surface area (Å²) >= 11 is 1.07. The monoisotopic (exact) mass is 333 g/mol. The molecule has 2 N–H and O–H groups in total. The number of aryl methyl sites for hydroxylation is 1. The number of thiophene rings is 1. The normalized spacial score (nSPS) is 13.3. The van der Waals surface area contributed by atoms with Gasteiger partial charge in [-0.15, -0.1) is 11.3 Å². The van der Waals surface area contributed by atoms with Crippen molar-refractivity contribution in [1.29, 1.82) is 0 Å². The highest BCUT2D eigenvalue weighted by atomic mass is 32.2. The van der Waals surface area contributed by atoms with Crippen LogP contribution < -0.4 is 4.72 Å². The highest BCUT2D eigenvalue weighted by Crippen LogP contribution is 2.23. The Labute approximate surface area is 125 Å². The van der Waals surface area contributed by atoms with Gasteiger partial charge in [-0.25, -0.2) is 21.9 Å². The summed E-state index contributed by atoms with van der Waals surface area (Å²) in [6.45, 7) is 1.24. The zero-order chi connectivity index (χ0) is 15.6. The highest BCUT2D eigenvalue weighted by molar-refractivity contribution is 7.91. The lowest BCUT2D eigenvalue weighted by Gasteiger charge is -2.13. The number of halogens is 2. The molecule has 0 bridgehead atoms. The Morgan fingerprint density at radius 3 is 2.38 bits per heavy atom. The van der Waals surface area contributed by atoms with Gasteiger partial charge in [0.15, 0.2) is 0 Å². The maximum absolute atomic E-state index is 13.5. The number of aliphatic hydroxyl groups is 1. The Bertz CT molecular complexity index is 723. The van der Waals surface area contributed by atoms with E-state index in [2.05, 4.69) is 4.72 Å². The molecule has 0 fully saturated rings. The smallest absolute Gasteiger partial charge is 0.250 e. The van der Waals surface area contributed by atoms with Crippen LogP contribution in [0.3, 0.4) is 0 Å². The second-order valence-corrected chi connectivity index (χ2v) is 7.65. The number of benzene rings is 1. The molecule has 1 aromatic carbocycles. The molecule has 2 aromatic rings. The lowest BCUT2D eigenvalue weighted by Crippen LogP contribution is -2.28. The van der Waals surface area contributed by atoms with E-state index in [1.165, 1.54) is 12.1 Å². The van der Waals surface area contributed by atoms with Crippen LogP contribution in [0.25, 0.3) is 0 Å². The van der Waals surface area contributed by atoms with Crippen LogP contribution in [0, 0.1) is 18.6 Å². The predicted molar refractivity (Wildman–Crippen MR) is 75.6 cm³/mol. The molecule has 0 amide bonds. The topological polar surface area (TPSA) is 66.4 Å². The van der Waals surface area contributed by atoms with Crippen LogP contribution in [-0.4, -0.2) is 20.1 Å². The molecule has 0 aliphatic carbocycles. The predicted octanol–water partition coefficient (Wildman–Crippen LogP) is 2.35. The van der Waals surface area contributed by atoms with E-state index >= 15 is 0 Å². The molecule has 21 heavy (non-hydrogen) atoms. The molecule has 0 spiro atoms. The average molecular weight is 333 g/mol. The van der Waals surface area contributed by atoms with E-state index in [-0.39, 0.29) is 4.21 Å². The SMILES string of the molecule is Cc1ccc(S(=O)(=O)NC[C@H](O)c2c(F)cccc2F)s1. The molecule has 114 valence electrons. The molecular formula is C13H13F2NO3S2. The minimum Gasteiger partial charge on any atom is -0.387 e. The van der Waals surface area contributed by atoms with Gasteiger partial charge >= 0.3 is 0 Å². The quantitative estimate of drug-likeness (QED) is 0.883. The van der Waals surface area contributed by atoms with Crippen molar-refractivity contribution in [2.24, 2.45) is 0 Å². The molecule has 2 rings (SSSR count). The van der Waals surface area contributed by atoms with Gasteiger partial charge in [0.1, 0.15) is 15.8 Å². The molecule has 4 nitrogen and oxygen atoms in total. The molecule has 1 heterocycles. The lowest BCUT2D eigenvalue weighted by molar-refractivity contribution is 0.172. The van der Waals surface area contributed by atoms with Gasteiger partial charge in [0.25, 0.3) is 0 Å². The standard InChI is InChI=1S/C13H13F2NO3S2/c1-8-5-6-12(20-8)21(18,19)16-7-11(17)13-9(14)3-2-4-10(13)15/h2-6,11,16-17H,7H2,1H3/t11-/m0/s1. The minimum atomic E-state index is -3.80. The molecule has 0 saturated heterocycles. The van der Waals surface area contributed by atoms with E-state index in [0.717, 1.165) is 28.3 Å². The number of hydrogen-bond donors (Lipinski definition) is 2. The van der Waals surface area contributed by atoms with Crippen molar-refractivity contribution < 1.29 is 22.3 Å². The third-order valence-corrected chi connectivity index (χ3v) is 5.70. The third-order valence-electron chi connectivity index (χ3n) is 2.78. The van der Waals surface area contributed by atoms with E-state index in [0.29, 0.717) is 0 Å². The van der Waals surface area contributed by atoms with Crippen LogP contribution in [0.4, 0.5) is 8.78 Å². The van der Waals surface area contributed by atoms with Crippen LogP contribution in [0.5, 0.6) is 0 Å². The van der Waals surface area contributed by atoms with E-state index < -0.39 is 39.9 Å². The van der Waals surface area contributed by atoms with E-state index in [1.54, 1.807) is 13.0 Å². The maximum Gasteiger partial charge on any atom is 0.250 e. The zero-order valence-electron chi connectivity index (χ0n) is 11.0. The summed E-state index contributed by atoms with van der Waals surface area (Å²) in [6, 6.07) is 6.24. The van der Waals surface area contributed by atoms with Gasteiger partial charge < -0.3 is 5.11 Å².